The number of para-hydroxylation sites is 2. The molecule has 1 heterocycles. The average molecular weight is 765 g/mol. The molecule has 0 amide bonds. The molecule has 0 aliphatic carbocycles. The Morgan fingerprint density at radius 1 is 0.267 bits per heavy atom. The Morgan fingerprint density at radius 3 is 1.35 bits per heavy atom. The van der Waals surface area contributed by atoms with E-state index in [0.29, 0.717) is 0 Å². The highest BCUT2D eigenvalue weighted by atomic mass is 15.1. The van der Waals surface area contributed by atoms with Gasteiger partial charge in [0.1, 0.15) is 0 Å². The van der Waals surface area contributed by atoms with E-state index in [1.54, 1.807) is 0 Å². The van der Waals surface area contributed by atoms with Crippen molar-refractivity contribution in [1.29, 1.82) is 0 Å². The highest BCUT2D eigenvalue weighted by Gasteiger charge is 2.19. The lowest BCUT2D eigenvalue weighted by Crippen LogP contribution is -2.10. The Kier molecular flexibility index (Phi) is 8.87. The third kappa shape index (κ3) is 6.41. The van der Waals surface area contributed by atoms with E-state index < -0.39 is 0 Å². The quantitative estimate of drug-likeness (QED) is 0.150. The highest BCUT2D eigenvalue weighted by Crippen LogP contribution is 2.42. The molecule has 2 nitrogen and oxygen atoms in total. The van der Waals surface area contributed by atoms with Crippen molar-refractivity contribution in [3.8, 4) is 50.2 Å². The summed E-state index contributed by atoms with van der Waals surface area (Å²) < 4.78 is 2.45. The van der Waals surface area contributed by atoms with E-state index in [1.165, 1.54) is 71.5 Å². The minimum atomic E-state index is 1.08. The van der Waals surface area contributed by atoms with E-state index in [0.717, 1.165) is 28.3 Å². The van der Waals surface area contributed by atoms with Gasteiger partial charge in [-0.25, -0.2) is 0 Å². The number of fused-ring (bicyclic) bond motifs is 4. The van der Waals surface area contributed by atoms with Gasteiger partial charge in [-0.3, -0.25) is 0 Å². The maximum absolute atomic E-state index is 2.45. The summed E-state index contributed by atoms with van der Waals surface area (Å²) >= 11 is 0. The fourth-order valence-electron chi connectivity index (χ4n) is 8.83. The van der Waals surface area contributed by atoms with Crippen LogP contribution in [0.25, 0.3) is 82.8 Å². The molecule has 0 fully saturated rings. The zero-order chi connectivity index (χ0) is 39.8. The van der Waals surface area contributed by atoms with Crippen molar-refractivity contribution in [3.63, 3.8) is 0 Å². The number of rotatable bonds is 8. The zero-order valence-electron chi connectivity index (χ0n) is 33.0. The third-order valence-corrected chi connectivity index (χ3v) is 11.7. The highest BCUT2D eigenvalue weighted by molar-refractivity contribution is 6.14. The number of benzene rings is 10. The number of anilines is 3. The van der Waals surface area contributed by atoms with Crippen LogP contribution in [0.15, 0.2) is 243 Å². The summed E-state index contributed by atoms with van der Waals surface area (Å²) in [5.74, 6) is 0. The summed E-state index contributed by atoms with van der Waals surface area (Å²) in [6, 6.07) is 87.9. The van der Waals surface area contributed by atoms with Gasteiger partial charge in [0.2, 0.25) is 0 Å². The molecule has 282 valence electrons. The molecule has 0 aliphatic heterocycles. The van der Waals surface area contributed by atoms with Crippen molar-refractivity contribution in [2.75, 3.05) is 4.90 Å². The van der Waals surface area contributed by atoms with Crippen LogP contribution in [-0.4, -0.2) is 4.57 Å². The third-order valence-electron chi connectivity index (χ3n) is 11.7. The Balaban J connectivity index is 1.07. The second kappa shape index (κ2) is 15.1. The summed E-state index contributed by atoms with van der Waals surface area (Å²) in [5, 5.41) is 5.00. The van der Waals surface area contributed by atoms with Gasteiger partial charge in [0, 0.05) is 33.4 Å². The SMILES string of the molecule is c1ccc(-c2ccc(N(c3ccc(-c4ccccc4-n4c5ccccc5c5cc6ccccc6cc54)cc3)c3cc(-c4ccccc4)cc(-c4ccccc4)c3)cc2)cc1. The normalized spacial score (nSPS) is 11.3. The fraction of sp³-hybridized carbons (Fsp3) is 0. The molecule has 11 rings (SSSR count). The fourth-order valence-corrected chi connectivity index (χ4v) is 8.83. The van der Waals surface area contributed by atoms with Crippen LogP contribution in [0, 0.1) is 0 Å². The molecule has 0 saturated heterocycles. The van der Waals surface area contributed by atoms with Gasteiger partial charge in [0.25, 0.3) is 0 Å². The zero-order valence-corrected chi connectivity index (χ0v) is 33.0. The topological polar surface area (TPSA) is 8.17 Å². The van der Waals surface area contributed by atoms with Crippen LogP contribution in [0.1, 0.15) is 0 Å². The van der Waals surface area contributed by atoms with Crippen molar-refractivity contribution in [1.82, 2.24) is 4.57 Å². The van der Waals surface area contributed by atoms with Crippen LogP contribution in [0.5, 0.6) is 0 Å². The second-order valence-electron chi connectivity index (χ2n) is 15.4. The number of hydrogen-bond donors (Lipinski definition) is 0. The maximum Gasteiger partial charge on any atom is 0.0547 e. The minimum absolute atomic E-state index is 1.08. The molecule has 60 heavy (non-hydrogen) atoms. The van der Waals surface area contributed by atoms with Gasteiger partial charge in [-0.15, -0.1) is 0 Å². The Morgan fingerprint density at radius 2 is 0.733 bits per heavy atom. The van der Waals surface area contributed by atoms with Gasteiger partial charge >= 0.3 is 0 Å². The molecule has 10 aromatic carbocycles. The van der Waals surface area contributed by atoms with E-state index in [9.17, 15) is 0 Å². The lowest BCUT2D eigenvalue weighted by molar-refractivity contribution is 1.18. The summed E-state index contributed by atoms with van der Waals surface area (Å²) in [5.41, 5.74) is 16.2. The van der Waals surface area contributed by atoms with E-state index >= 15 is 0 Å². The van der Waals surface area contributed by atoms with E-state index in [-0.39, 0.29) is 0 Å². The first-order valence-electron chi connectivity index (χ1n) is 20.6. The molecule has 11 aromatic rings. The largest absolute Gasteiger partial charge is 0.310 e. The molecular weight excluding hydrogens is 725 g/mol. The van der Waals surface area contributed by atoms with Gasteiger partial charge in [-0.1, -0.05) is 176 Å². The lowest BCUT2D eigenvalue weighted by atomic mass is 9.97. The summed E-state index contributed by atoms with van der Waals surface area (Å²) in [6.45, 7) is 0. The predicted molar refractivity (Wildman–Crippen MR) is 255 cm³/mol. The summed E-state index contributed by atoms with van der Waals surface area (Å²) in [7, 11) is 0. The number of nitrogens with zero attached hydrogens (tertiary/aromatic N) is 2. The standard InChI is InChI=1S/C58H40N2/c1-4-16-41(17-5-1)44-28-32-50(33-29-44)59(52-37-48(42-18-6-2-7-19-42)36-49(38-52)43-20-8-3-9-21-43)51-34-30-45(31-35-51)53-24-12-14-26-56(53)60-57-27-15-13-25-54(57)55-39-46-22-10-11-23-47(46)40-58(55)60/h1-40H. The Hall–Kier alpha value is -7.94. The van der Waals surface area contributed by atoms with Crippen LogP contribution in [0.4, 0.5) is 17.1 Å². The molecule has 0 bridgehead atoms. The van der Waals surface area contributed by atoms with Gasteiger partial charge < -0.3 is 9.47 Å². The van der Waals surface area contributed by atoms with Crippen molar-refractivity contribution < 1.29 is 0 Å². The number of hydrogen-bond acceptors (Lipinski definition) is 1. The average Bonchev–Trinajstić information content (AvgIpc) is 3.65. The molecule has 0 radical (unpaired) electrons. The molecule has 0 spiro atoms. The van der Waals surface area contributed by atoms with Crippen LogP contribution in [-0.2, 0) is 0 Å². The molecule has 0 aliphatic rings. The smallest absolute Gasteiger partial charge is 0.0547 e. The molecule has 0 unspecified atom stereocenters. The molecular formula is C58H40N2. The summed E-state index contributed by atoms with van der Waals surface area (Å²) in [4.78, 5) is 2.39. The lowest BCUT2D eigenvalue weighted by Gasteiger charge is -2.27. The number of aromatic nitrogens is 1. The first-order chi connectivity index (χ1) is 29.7. The van der Waals surface area contributed by atoms with Gasteiger partial charge in [-0.2, -0.15) is 0 Å². The van der Waals surface area contributed by atoms with Crippen LogP contribution in [0.2, 0.25) is 0 Å². The van der Waals surface area contributed by atoms with Crippen LogP contribution < -0.4 is 4.90 Å². The molecule has 2 heteroatoms. The second-order valence-corrected chi connectivity index (χ2v) is 15.4. The van der Waals surface area contributed by atoms with Crippen molar-refractivity contribution in [2.45, 2.75) is 0 Å². The molecule has 1 aromatic heterocycles. The summed E-state index contributed by atoms with van der Waals surface area (Å²) in [6.07, 6.45) is 0. The first-order valence-corrected chi connectivity index (χ1v) is 20.6. The predicted octanol–water partition coefficient (Wildman–Crippen LogP) is 16.1. The van der Waals surface area contributed by atoms with Crippen molar-refractivity contribution in [2.24, 2.45) is 0 Å². The van der Waals surface area contributed by atoms with E-state index in [2.05, 4.69) is 252 Å². The van der Waals surface area contributed by atoms with Crippen molar-refractivity contribution >= 4 is 49.6 Å². The van der Waals surface area contributed by atoms with E-state index in [4.69, 9.17) is 0 Å². The van der Waals surface area contributed by atoms with Crippen LogP contribution in [0.3, 0.4) is 0 Å². The Bertz CT molecular complexity index is 3220. The molecule has 0 saturated carbocycles. The first kappa shape index (κ1) is 35.2. The Labute approximate surface area is 350 Å². The minimum Gasteiger partial charge on any atom is -0.310 e. The molecule has 0 atom stereocenters. The maximum atomic E-state index is 2.45. The van der Waals surface area contributed by atoms with Gasteiger partial charge in [0.05, 0.1) is 16.7 Å². The van der Waals surface area contributed by atoms with Gasteiger partial charge in [0.15, 0.2) is 0 Å². The van der Waals surface area contributed by atoms with E-state index in [1.807, 2.05) is 0 Å². The van der Waals surface area contributed by atoms with Crippen molar-refractivity contribution in [3.05, 3.63) is 243 Å². The monoisotopic (exact) mass is 764 g/mol. The van der Waals surface area contributed by atoms with Crippen LogP contribution >= 0.6 is 0 Å². The molecule has 0 N–H and O–H groups in total. The van der Waals surface area contributed by atoms with Gasteiger partial charge in [-0.05, 0) is 116 Å².